The SMILES string of the molecule is COCCNC1CCCN2CCSCC12. The van der Waals surface area contributed by atoms with Crippen LogP contribution in [0.4, 0.5) is 0 Å². The monoisotopic (exact) mass is 230 g/mol. The van der Waals surface area contributed by atoms with Gasteiger partial charge in [0.15, 0.2) is 0 Å². The lowest BCUT2D eigenvalue weighted by atomic mass is 9.97. The minimum atomic E-state index is 0.696. The van der Waals surface area contributed by atoms with E-state index in [1.165, 1.54) is 37.4 Å². The molecule has 0 aliphatic carbocycles. The first-order valence-electron chi connectivity index (χ1n) is 5.96. The number of piperidine rings is 1. The number of rotatable bonds is 4. The average Bonchev–Trinajstić information content (AvgIpc) is 2.30. The van der Waals surface area contributed by atoms with E-state index in [9.17, 15) is 0 Å². The highest BCUT2D eigenvalue weighted by Gasteiger charge is 2.32. The number of hydrogen-bond donors (Lipinski definition) is 1. The molecule has 15 heavy (non-hydrogen) atoms. The van der Waals surface area contributed by atoms with E-state index >= 15 is 0 Å². The first kappa shape index (κ1) is 11.7. The zero-order valence-corrected chi connectivity index (χ0v) is 10.4. The van der Waals surface area contributed by atoms with Crippen molar-refractivity contribution < 1.29 is 4.74 Å². The maximum Gasteiger partial charge on any atom is 0.0587 e. The van der Waals surface area contributed by atoms with Crippen molar-refractivity contribution in [3.63, 3.8) is 0 Å². The van der Waals surface area contributed by atoms with Gasteiger partial charge in [0.05, 0.1) is 6.61 Å². The third kappa shape index (κ3) is 3.09. The van der Waals surface area contributed by atoms with Gasteiger partial charge in [0.25, 0.3) is 0 Å². The Labute approximate surface area is 96.9 Å². The van der Waals surface area contributed by atoms with Crippen LogP contribution < -0.4 is 5.32 Å². The van der Waals surface area contributed by atoms with Crippen molar-refractivity contribution in [2.45, 2.75) is 24.9 Å². The Bertz CT molecular complexity index is 189. The number of thioether (sulfide) groups is 1. The van der Waals surface area contributed by atoms with Gasteiger partial charge in [0.2, 0.25) is 0 Å². The molecule has 2 aliphatic rings. The molecule has 2 heterocycles. The van der Waals surface area contributed by atoms with E-state index in [4.69, 9.17) is 4.74 Å². The Morgan fingerprint density at radius 3 is 3.27 bits per heavy atom. The van der Waals surface area contributed by atoms with Gasteiger partial charge >= 0.3 is 0 Å². The summed E-state index contributed by atoms with van der Waals surface area (Å²) in [5.41, 5.74) is 0. The van der Waals surface area contributed by atoms with Crippen molar-refractivity contribution in [3.8, 4) is 0 Å². The lowest BCUT2D eigenvalue weighted by molar-refractivity contribution is 0.121. The van der Waals surface area contributed by atoms with Crippen molar-refractivity contribution in [1.82, 2.24) is 10.2 Å². The molecule has 0 aromatic rings. The largest absolute Gasteiger partial charge is 0.383 e. The maximum atomic E-state index is 5.09. The van der Waals surface area contributed by atoms with E-state index in [2.05, 4.69) is 22.0 Å². The van der Waals surface area contributed by atoms with E-state index < -0.39 is 0 Å². The number of hydrogen-bond acceptors (Lipinski definition) is 4. The standard InChI is InChI=1S/C11H22N2OS/c1-14-7-4-12-10-3-2-5-13-6-8-15-9-11(10)13/h10-12H,2-9H2,1H3. The van der Waals surface area contributed by atoms with Crippen LogP contribution in [0.5, 0.6) is 0 Å². The molecule has 2 rings (SSSR count). The molecular weight excluding hydrogens is 208 g/mol. The summed E-state index contributed by atoms with van der Waals surface area (Å²) in [6.45, 7) is 4.43. The second-order valence-electron chi connectivity index (χ2n) is 4.37. The second kappa shape index (κ2) is 6.09. The van der Waals surface area contributed by atoms with Crippen molar-refractivity contribution in [2.24, 2.45) is 0 Å². The summed E-state index contributed by atoms with van der Waals surface area (Å²) in [6, 6.07) is 1.47. The quantitative estimate of drug-likeness (QED) is 0.722. The molecule has 0 aromatic heterocycles. The van der Waals surface area contributed by atoms with Crippen LogP contribution in [0.25, 0.3) is 0 Å². The molecule has 2 fully saturated rings. The highest BCUT2D eigenvalue weighted by molar-refractivity contribution is 7.99. The minimum Gasteiger partial charge on any atom is -0.383 e. The molecule has 4 heteroatoms. The van der Waals surface area contributed by atoms with Crippen LogP contribution in [-0.2, 0) is 4.74 Å². The lowest BCUT2D eigenvalue weighted by Gasteiger charge is -2.44. The maximum absolute atomic E-state index is 5.09. The average molecular weight is 230 g/mol. The molecule has 0 amide bonds. The van der Waals surface area contributed by atoms with Crippen LogP contribution in [0, 0.1) is 0 Å². The van der Waals surface area contributed by atoms with E-state index in [-0.39, 0.29) is 0 Å². The number of fused-ring (bicyclic) bond motifs is 1. The lowest BCUT2D eigenvalue weighted by Crippen LogP contribution is -2.57. The first-order valence-corrected chi connectivity index (χ1v) is 7.11. The Kier molecular flexibility index (Phi) is 4.75. The van der Waals surface area contributed by atoms with E-state index in [0.717, 1.165) is 19.2 Å². The van der Waals surface area contributed by atoms with Gasteiger partial charge in [-0.3, -0.25) is 4.90 Å². The van der Waals surface area contributed by atoms with Gasteiger partial charge < -0.3 is 10.1 Å². The molecule has 2 unspecified atom stereocenters. The molecule has 2 saturated heterocycles. The van der Waals surface area contributed by atoms with Crippen LogP contribution in [0.2, 0.25) is 0 Å². The van der Waals surface area contributed by atoms with Gasteiger partial charge in [-0.2, -0.15) is 11.8 Å². The van der Waals surface area contributed by atoms with E-state index in [1.54, 1.807) is 7.11 Å². The summed E-state index contributed by atoms with van der Waals surface area (Å²) >= 11 is 2.11. The van der Waals surface area contributed by atoms with Crippen LogP contribution in [0.3, 0.4) is 0 Å². The molecule has 0 radical (unpaired) electrons. The van der Waals surface area contributed by atoms with Crippen LogP contribution >= 0.6 is 11.8 Å². The summed E-state index contributed by atoms with van der Waals surface area (Å²) in [5.74, 6) is 2.63. The predicted octanol–water partition coefficient (Wildman–Crippen LogP) is 0.802. The van der Waals surface area contributed by atoms with Crippen molar-refractivity contribution in [1.29, 1.82) is 0 Å². The number of nitrogens with one attached hydrogen (secondary N) is 1. The van der Waals surface area contributed by atoms with Gasteiger partial charge in [-0.1, -0.05) is 0 Å². The second-order valence-corrected chi connectivity index (χ2v) is 5.52. The van der Waals surface area contributed by atoms with Crippen molar-refractivity contribution in [2.75, 3.05) is 44.9 Å². The molecule has 1 N–H and O–H groups in total. The number of nitrogens with zero attached hydrogens (tertiary/aromatic N) is 1. The van der Waals surface area contributed by atoms with E-state index in [0.29, 0.717) is 6.04 Å². The summed E-state index contributed by atoms with van der Waals surface area (Å²) < 4.78 is 5.09. The van der Waals surface area contributed by atoms with Crippen LogP contribution in [0.15, 0.2) is 0 Å². The summed E-state index contributed by atoms with van der Waals surface area (Å²) in [7, 11) is 1.77. The molecule has 0 bridgehead atoms. The first-order chi connectivity index (χ1) is 7.42. The van der Waals surface area contributed by atoms with Gasteiger partial charge in [0.1, 0.15) is 0 Å². The van der Waals surface area contributed by atoms with Gasteiger partial charge in [-0.25, -0.2) is 0 Å². The van der Waals surface area contributed by atoms with Crippen molar-refractivity contribution in [3.05, 3.63) is 0 Å². The Morgan fingerprint density at radius 2 is 2.40 bits per heavy atom. The highest BCUT2D eigenvalue weighted by Crippen LogP contribution is 2.25. The summed E-state index contributed by atoms with van der Waals surface area (Å²) in [4.78, 5) is 2.67. The smallest absolute Gasteiger partial charge is 0.0587 e. The summed E-state index contributed by atoms with van der Waals surface area (Å²) in [6.07, 6.45) is 2.69. The van der Waals surface area contributed by atoms with E-state index in [1.807, 2.05) is 0 Å². The molecule has 2 aliphatic heterocycles. The normalized spacial score (nSPS) is 32.6. The number of methoxy groups -OCH3 is 1. The molecule has 0 spiro atoms. The third-order valence-corrected chi connectivity index (χ3v) is 4.47. The Morgan fingerprint density at radius 1 is 1.47 bits per heavy atom. The van der Waals surface area contributed by atoms with Crippen LogP contribution in [0.1, 0.15) is 12.8 Å². The predicted molar refractivity (Wildman–Crippen MR) is 65.6 cm³/mol. The molecule has 88 valence electrons. The third-order valence-electron chi connectivity index (χ3n) is 3.42. The van der Waals surface area contributed by atoms with Crippen molar-refractivity contribution >= 4 is 11.8 Å². The fourth-order valence-electron chi connectivity index (χ4n) is 2.60. The summed E-state index contributed by atoms with van der Waals surface area (Å²) in [5, 5.41) is 3.64. The number of ether oxygens (including phenoxy) is 1. The fraction of sp³-hybridized carbons (Fsp3) is 1.00. The van der Waals surface area contributed by atoms with Gasteiger partial charge in [-0.15, -0.1) is 0 Å². The zero-order valence-electron chi connectivity index (χ0n) is 9.58. The molecule has 3 nitrogen and oxygen atoms in total. The Hall–Kier alpha value is 0.230. The molecule has 0 aromatic carbocycles. The topological polar surface area (TPSA) is 24.5 Å². The van der Waals surface area contributed by atoms with Gasteiger partial charge in [0, 0.05) is 43.8 Å². The minimum absolute atomic E-state index is 0.696. The van der Waals surface area contributed by atoms with Crippen LogP contribution in [-0.4, -0.2) is 61.8 Å². The molecular formula is C11H22N2OS. The fourth-order valence-corrected chi connectivity index (χ4v) is 3.81. The van der Waals surface area contributed by atoms with Gasteiger partial charge in [-0.05, 0) is 19.4 Å². The highest BCUT2D eigenvalue weighted by atomic mass is 32.2. The Balaban J connectivity index is 1.81. The molecule has 2 atom stereocenters. The molecule has 0 saturated carbocycles. The zero-order chi connectivity index (χ0) is 10.5.